The van der Waals surface area contributed by atoms with Crippen LogP contribution in [-0.2, 0) is 9.47 Å². The lowest BCUT2D eigenvalue weighted by Gasteiger charge is -2.28. The predicted molar refractivity (Wildman–Crippen MR) is 55.0 cm³/mol. The fourth-order valence-electron chi connectivity index (χ4n) is 0.740. The highest BCUT2D eigenvalue weighted by atomic mass is 16.7. The molecule has 0 saturated heterocycles. The second kappa shape index (κ2) is 5.68. The first-order chi connectivity index (χ1) is 6.02. The van der Waals surface area contributed by atoms with E-state index in [1.165, 1.54) is 0 Å². The molecule has 0 N–H and O–H groups in total. The first-order valence-electron chi connectivity index (χ1n) is 4.55. The summed E-state index contributed by atoms with van der Waals surface area (Å²) in [6.45, 7) is 10.0. The zero-order valence-electron chi connectivity index (χ0n) is 9.20. The van der Waals surface area contributed by atoms with E-state index in [0.717, 1.165) is 0 Å². The molecule has 0 spiro atoms. The van der Waals surface area contributed by atoms with Crippen LogP contribution < -0.4 is 0 Å². The van der Waals surface area contributed by atoms with Crippen molar-refractivity contribution in [1.82, 2.24) is 0 Å². The maximum atomic E-state index is 5.40. The van der Waals surface area contributed by atoms with Gasteiger partial charge in [0.2, 0.25) is 6.29 Å². The smallest absolute Gasteiger partial charge is 0.244 e. The minimum atomic E-state index is -0.236. The van der Waals surface area contributed by atoms with Gasteiger partial charge in [0.05, 0.1) is 12.5 Å². The standard InChI is InChI=1S/C11H20O2/c1-6-8-12-10(11(3,4)5)13-9-7-2/h6-10H,1-5H3/b8-6-,9-7-. The van der Waals surface area contributed by atoms with Gasteiger partial charge in [-0.3, -0.25) is 0 Å². The Bertz CT molecular complexity index is 161. The highest BCUT2D eigenvalue weighted by molar-refractivity contribution is 4.76. The van der Waals surface area contributed by atoms with Gasteiger partial charge < -0.3 is 9.47 Å². The third kappa shape index (κ3) is 5.34. The molecule has 76 valence electrons. The molecule has 2 nitrogen and oxygen atoms in total. The average molecular weight is 184 g/mol. The molecule has 0 amide bonds. The molecule has 0 unspecified atom stereocenters. The largest absolute Gasteiger partial charge is 0.462 e. The molecule has 0 bridgehead atoms. The summed E-state index contributed by atoms with van der Waals surface area (Å²) in [4.78, 5) is 0. The van der Waals surface area contributed by atoms with Gasteiger partial charge >= 0.3 is 0 Å². The number of allylic oxidation sites excluding steroid dienone is 2. The fraction of sp³-hybridized carbons (Fsp3) is 0.636. The van der Waals surface area contributed by atoms with E-state index in [4.69, 9.17) is 9.47 Å². The lowest BCUT2D eigenvalue weighted by atomic mass is 9.96. The lowest BCUT2D eigenvalue weighted by molar-refractivity contribution is -0.128. The molecule has 0 aliphatic heterocycles. The topological polar surface area (TPSA) is 18.5 Å². The van der Waals surface area contributed by atoms with Crippen LogP contribution in [0.1, 0.15) is 34.6 Å². The van der Waals surface area contributed by atoms with Gasteiger partial charge in [0.25, 0.3) is 0 Å². The predicted octanol–water partition coefficient (Wildman–Crippen LogP) is 3.46. The molecule has 0 rings (SSSR count). The highest BCUT2D eigenvalue weighted by Crippen LogP contribution is 2.23. The Hall–Kier alpha value is -0.920. The molecular weight excluding hydrogens is 164 g/mol. The minimum absolute atomic E-state index is 0.0288. The normalized spacial score (nSPS) is 13.1. The van der Waals surface area contributed by atoms with Crippen molar-refractivity contribution in [2.24, 2.45) is 5.41 Å². The first kappa shape index (κ1) is 12.1. The van der Waals surface area contributed by atoms with Crippen LogP contribution in [-0.4, -0.2) is 6.29 Å². The summed E-state index contributed by atoms with van der Waals surface area (Å²) < 4.78 is 10.8. The molecule has 0 saturated carbocycles. The Labute approximate surface area is 81.2 Å². The molecule has 2 heteroatoms. The minimum Gasteiger partial charge on any atom is -0.462 e. The van der Waals surface area contributed by atoms with Crippen LogP contribution in [0.15, 0.2) is 24.7 Å². The zero-order chi connectivity index (χ0) is 10.3. The van der Waals surface area contributed by atoms with Crippen LogP contribution >= 0.6 is 0 Å². The van der Waals surface area contributed by atoms with Crippen LogP contribution in [0.2, 0.25) is 0 Å². The van der Waals surface area contributed by atoms with E-state index >= 15 is 0 Å². The average Bonchev–Trinajstić information content (AvgIpc) is 2.02. The van der Waals surface area contributed by atoms with Crippen molar-refractivity contribution in [3.8, 4) is 0 Å². The quantitative estimate of drug-likeness (QED) is 0.492. The highest BCUT2D eigenvalue weighted by Gasteiger charge is 2.26. The van der Waals surface area contributed by atoms with Crippen molar-refractivity contribution in [1.29, 1.82) is 0 Å². The van der Waals surface area contributed by atoms with Gasteiger partial charge in [-0.25, -0.2) is 0 Å². The van der Waals surface area contributed by atoms with E-state index in [1.807, 2.05) is 26.0 Å². The molecule has 0 aliphatic carbocycles. The second-order valence-electron chi connectivity index (χ2n) is 3.91. The monoisotopic (exact) mass is 184 g/mol. The Morgan fingerprint density at radius 2 is 1.31 bits per heavy atom. The van der Waals surface area contributed by atoms with Crippen molar-refractivity contribution >= 4 is 0 Å². The van der Waals surface area contributed by atoms with Gasteiger partial charge in [0.15, 0.2) is 0 Å². The molecule has 0 radical (unpaired) electrons. The summed E-state index contributed by atoms with van der Waals surface area (Å²) in [5.74, 6) is 0. The van der Waals surface area contributed by atoms with E-state index < -0.39 is 0 Å². The number of rotatable bonds is 4. The van der Waals surface area contributed by atoms with E-state index in [2.05, 4.69) is 20.8 Å². The number of hydrogen-bond donors (Lipinski definition) is 0. The maximum Gasteiger partial charge on any atom is 0.244 e. The van der Waals surface area contributed by atoms with Crippen LogP contribution in [0, 0.1) is 5.41 Å². The van der Waals surface area contributed by atoms with Gasteiger partial charge in [-0.15, -0.1) is 0 Å². The van der Waals surface area contributed by atoms with Gasteiger partial charge in [-0.2, -0.15) is 0 Å². The Kier molecular flexibility index (Phi) is 5.28. The van der Waals surface area contributed by atoms with Crippen LogP contribution in [0.5, 0.6) is 0 Å². The van der Waals surface area contributed by atoms with Gasteiger partial charge in [-0.1, -0.05) is 32.9 Å². The molecule has 0 aliphatic rings. The first-order valence-corrected chi connectivity index (χ1v) is 4.55. The van der Waals surface area contributed by atoms with Crippen molar-refractivity contribution < 1.29 is 9.47 Å². The number of ether oxygens (including phenoxy) is 2. The molecule has 0 atom stereocenters. The van der Waals surface area contributed by atoms with E-state index in [1.54, 1.807) is 12.5 Å². The SMILES string of the molecule is C/C=C\OC(O/C=C\C)C(C)(C)C. The summed E-state index contributed by atoms with van der Waals surface area (Å²) in [6, 6.07) is 0. The maximum absolute atomic E-state index is 5.40. The Morgan fingerprint density at radius 3 is 1.54 bits per heavy atom. The van der Waals surface area contributed by atoms with E-state index in [0.29, 0.717) is 0 Å². The summed E-state index contributed by atoms with van der Waals surface area (Å²) >= 11 is 0. The molecule has 0 aromatic carbocycles. The molecule has 0 aromatic rings. The van der Waals surface area contributed by atoms with Crippen molar-refractivity contribution in [3.63, 3.8) is 0 Å². The van der Waals surface area contributed by atoms with E-state index in [9.17, 15) is 0 Å². The zero-order valence-corrected chi connectivity index (χ0v) is 9.20. The molecular formula is C11H20O2. The molecule has 0 aromatic heterocycles. The summed E-state index contributed by atoms with van der Waals surface area (Å²) in [7, 11) is 0. The van der Waals surface area contributed by atoms with Gasteiger partial charge in [0, 0.05) is 5.41 Å². The van der Waals surface area contributed by atoms with Crippen molar-refractivity contribution in [2.45, 2.75) is 40.9 Å². The Balaban J connectivity index is 4.19. The third-order valence-electron chi connectivity index (χ3n) is 1.38. The van der Waals surface area contributed by atoms with Gasteiger partial charge in [0.1, 0.15) is 0 Å². The van der Waals surface area contributed by atoms with Crippen molar-refractivity contribution in [3.05, 3.63) is 24.7 Å². The van der Waals surface area contributed by atoms with Crippen LogP contribution in [0.4, 0.5) is 0 Å². The molecule has 0 heterocycles. The lowest BCUT2D eigenvalue weighted by Crippen LogP contribution is -2.29. The Morgan fingerprint density at radius 1 is 0.923 bits per heavy atom. The van der Waals surface area contributed by atoms with Gasteiger partial charge in [-0.05, 0) is 13.8 Å². The molecule has 13 heavy (non-hydrogen) atoms. The summed E-state index contributed by atoms with van der Waals surface area (Å²) in [5, 5.41) is 0. The van der Waals surface area contributed by atoms with E-state index in [-0.39, 0.29) is 11.7 Å². The second-order valence-corrected chi connectivity index (χ2v) is 3.91. The molecule has 0 fully saturated rings. The van der Waals surface area contributed by atoms with Crippen molar-refractivity contribution in [2.75, 3.05) is 0 Å². The summed E-state index contributed by atoms with van der Waals surface area (Å²) in [5.41, 5.74) is -0.0288. The van der Waals surface area contributed by atoms with Crippen LogP contribution in [0.3, 0.4) is 0 Å². The third-order valence-corrected chi connectivity index (χ3v) is 1.38. The van der Waals surface area contributed by atoms with Crippen LogP contribution in [0.25, 0.3) is 0 Å². The summed E-state index contributed by atoms with van der Waals surface area (Å²) in [6.07, 6.45) is 6.76. The number of hydrogen-bond acceptors (Lipinski definition) is 2. The fourth-order valence-corrected chi connectivity index (χ4v) is 0.740.